The molecule has 11 heavy (non-hydrogen) atoms. The van der Waals surface area contributed by atoms with E-state index in [-0.39, 0.29) is 0 Å². The van der Waals surface area contributed by atoms with E-state index in [1.54, 1.807) is 0 Å². The molecule has 1 heteroatoms. The monoisotopic (exact) mass is 153 g/mol. The molecule has 2 aliphatic rings. The highest BCUT2D eigenvalue weighted by molar-refractivity contribution is 5.21. The number of fused-ring (bicyclic) bond motifs is 1. The first-order valence-electron chi connectivity index (χ1n) is 5.04. The summed E-state index contributed by atoms with van der Waals surface area (Å²) in [5.74, 6) is 0.956. The quantitative estimate of drug-likeness (QED) is 0.550. The number of hydrogen-bond acceptors (Lipinski definition) is 1. The number of rotatable bonds is 2. The molecule has 4 unspecified atom stereocenters. The van der Waals surface area contributed by atoms with E-state index in [0.717, 1.165) is 12.0 Å². The second kappa shape index (κ2) is 2.22. The first-order chi connectivity index (χ1) is 5.27. The predicted molar refractivity (Wildman–Crippen MR) is 47.6 cm³/mol. The molecule has 1 aliphatic heterocycles. The Hall–Kier alpha value is -0.0400. The molecule has 0 aromatic carbocycles. The van der Waals surface area contributed by atoms with E-state index in [0.29, 0.717) is 5.54 Å². The molecule has 1 saturated heterocycles. The van der Waals surface area contributed by atoms with E-state index < -0.39 is 0 Å². The van der Waals surface area contributed by atoms with Gasteiger partial charge in [0.1, 0.15) is 0 Å². The SMILES string of the molecule is CCN1C2CCC(C)C21CC. The number of likely N-dealkylation sites (tertiary alicyclic amines) is 1. The summed E-state index contributed by atoms with van der Waals surface area (Å²) in [6, 6.07) is 0.965. The number of nitrogens with zero attached hydrogens (tertiary/aromatic N) is 1. The average molecular weight is 153 g/mol. The lowest BCUT2D eigenvalue weighted by Gasteiger charge is -2.20. The third-order valence-corrected chi connectivity index (χ3v) is 4.05. The van der Waals surface area contributed by atoms with Crippen molar-refractivity contribution in [1.82, 2.24) is 4.90 Å². The summed E-state index contributed by atoms with van der Waals surface area (Å²) < 4.78 is 0. The largest absolute Gasteiger partial charge is 0.291 e. The standard InChI is InChI=1S/C10H19N/c1-4-10-8(3)6-7-9(10)11(10)5-2/h8-9H,4-7H2,1-3H3. The van der Waals surface area contributed by atoms with Crippen molar-refractivity contribution >= 4 is 0 Å². The van der Waals surface area contributed by atoms with Gasteiger partial charge in [0.15, 0.2) is 0 Å². The Labute approximate surface area is 69.8 Å². The maximum atomic E-state index is 2.70. The molecule has 0 radical (unpaired) electrons. The minimum absolute atomic E-state index is 0.661. The number of likely N-dealkylation sites (N-methyl/N-ethyl adjacent to an activating group) is 1. The highest BCUT2D eigenvalue weighted by Crippen LogP contribution is 2.57. The molecule has 4 atom stereocenters. The Bertz CT molecular complexity index is 160. The maximum Gasteiger partial charge on any atom is 0.0391 e. The molecule has 0 aromatic heterocycles. The van der Waals surface area contributed by atoms with Crippen LogP contribution in [0.2, 0.25) is 0 Å². The van der Waals surface area contributed by atoms with Gasteiger partial charge in [0.25, 0.3) is 0 Å². The third-order valence-electron chi connectivity index (χ3n) is 4.05. The lowest BCUT2D eigenvalue weighted by molar-refractivity contribution is 0.290. The average Bonchev–Trinajstić information content (AvgIpc) is 2.57. The smallest absolute Gasteiger partial charge is 0.0391 e. The molecule has 2 rings (SSSR count). The van der Waals surface area contributed by atoms with Gasteiger partial charge in [-0.3, -0.25) is 4.90 Å². The topological polar surface area (TPSA) is 3.01 Å². The molecule has 0 spiro atoms. The summed E-state index contributed by atoms with van der Waals surface area (Å²) in [6.07, 6.45) is 4.30. The van der Waals surface area contributed by atoms with E-state index in [9.17, 15) is 0 Å². The van der Waals surface area contributed by atoms with Crippen molar-refractivity contribution in [1.29, 1.82) is 0 Å². The molecule has 0 aromatic rings. The van der Waals surface area contributed by atoms with Gasteiger partial charge >= 0.3 is 0 Å². The summed E-state index contributed by atoms with van der Waals surface area (Å²) in [6.45, 7) is 8.34. The first kappa shape index (κ1) is 7.60. The van der Waals surface area contributed by atoms with Crippen LogP contribution in [-0.4, -0.2) is 23.0 Å². The van der Waals surface area contributed by atoms with Crippen LogP contribution in [0.3, 0.4) is 0 Å². The molecular formula is C10H19N. The van der Waals surface area contributed by atoms with Crippen LogP contribution in [0.15, 0.2) is 0 Å². The van der Waals surface area contributed by atoms with Crippen molar-refractivity contribution in [2.24, 2.45) is 5.92 Å². The minimum Gasteiger partial charge on any atom is -0.291 e. The summed E-state index contributed by atoms with van der Waals surface area (Å²) in [7, 11) is 0. The van der Waals surface area contributed by atoms with Crippen LogP contribution in [0.4, 0.5) is 0 Å². The molecule has 1 heterocycles. The van der Waals surface area contributed by atoms with Gasteiger partial charge < -0.3 is 0 Å². The normalized spacial score (nSPS) is 54.3. The molecule has 1 saturated carbocycles. The van der Waals surface area contributed by atoms with E-state index in [1.165, 1.54) is 25.8 Å². The highest BCUT2D eigenvalue weighted by atomic mass is 15.4. The van der Waals surface area contributed by atoms with Crippen LogP contribution in [-0.2, 0) is 0 Å². The summed E-state index contributed by atoms with van der Waals surface area (Å²) >= 11 is 0. The van der Waals surface area contributed by atoms with Gasteiger partial charge in [-0.25, -0.2) is 0 Å². The van der Waals surface area contributed by atoms with Crippen molar-refractivity contribution in [3.8, 4) is 0 Å². The van der Waals surface area contributed by atoms with Gasteiger partial charge in [-0.1, -0.05) is 20.8 Å². The fraction of sp³-hybridized carbons (Fsp3) is 1.00. The Morgan fingerprint density at radius 1 is 1.36 bits per heavy atom. The lowest BCUT2D eigenvalue weighted by Crippen LogP contribution is -2.24. The van der Waals surface area contributed by atoms with Crippen molar-refractivity contribution in [2.45, 2.75) is 51.6 Å². The van der Waals surface area contributed by atoms with Crippen molar-refractivity contribution in [2.75, 3.05) is 6.54 Å². The fourth-order valence-corrected chi connectivity index (χ4v) is 3.45. The fourth-order valence-electron chi connectivity index (χ4n) is 3.45. The molecule has 1 nitrogen and oxygen atoms in total. The molecule has 0 N–H and O–H groups in total. The Morgan fingerprint density at radius 3 is 2.45 bits per heavy atom. The van der Waals surface area contributed by atoms with Crippen molar-refractivity contribution in [3.05, 3.63) is 0 Å². The Morgan fingerprint density at radius 2 is 2.09 bits per heavy atom. The summed E-state index contributed by atoms with van der Waals surface area (Å²) in [4.78, 5) is 2.70. The molecule has 64 valence electrons. The van der Waals surface area contributed by atoms with E-state index >= 15 is 0 Å². The Kier molecular flexibility index (Phi) is 1.54. The molecule has 1 aliphatic carbocycles. The van der Waals surface area contributed by atoms with Gasteiger partial charge in [0.2, 0.25) is 0 Å². The van der Waals surface area contributed by atoms with Crippen LogP contribution in [0.25, 0.3) is 0 Å². The van der Waals surface area contributed by atoms with Crippen LogP contribution in [0.5, 0.6) is 0 Å². The van der Waals surface area contributed by atoms with Gasteiger partial charge in [0, 0.05) is 11.6 Å². The van der Waals surface area contributed by atoms with Gasteiger partial charge in [0.05, 0.1) is 0 Å². The second-order valence-corrected chi connectivity index (χ2v) is 4.12. The van der Waals surface area contributed by atoms with Crippen LogP contribution < -0.4 is 0 Å². The third kappa shape index (κ3) is 0.703. The highest BCUT2D eigenvalue weighted by Gasteiger charge is 2.65. The predicted octanol–water partition coefficient (Wildman–Crippen LogP) is 2.27. The van der Waals surface area contributed by atoms with E-state index in [4.69, 9.17) is 0 Å². The second-order valence-electron chi connectivity index (χ2n) is 4.12. The van der Waals surface area contributed by atoms with Gasteiger partial charge in [-0.15, -0.1) is 0 Å². The van der Waals surface area contributed by atoms with E-state index in [1.807, 2.05) is 0 Å². The number of hydrogen-bond donors (Lipinski definition) is 0. The Balaban J connectivity index is 2.15. The van der Waals surface area contributed by atoms with Crippen LogP contribution in [0.1, 0.15) is 40.0 Å². The molecule has 2 fully saturated rings. The zero-order chi connectivity index (χ0) is 8.06. The van der Waals surface area contributed by atoms with Crippen LogP contribution >= 0.6 is 0 Å². The zero-order valence-corrected chi connectivity index (χ0v) is 7.93. The van der Waals surface area contributed by atoms with Gasteiger partial charge in [-0.2, -0.15) is 0 Å². The van der Waals surface area contributed by atoms with E-state index in [2.05, 4.69) is 25.7 Å². The summed E-state index contributed by atoms with van der Waals surface area (Å²) in [5.41, 5.74) is 0.661. The number of piperidine rings is 1. The first-order valence-corrected chi connectivity index (χ1v) is 5.04. The maximum absolute atomic E-state index is 2.70. The summed E-state index contributed by atoms with van der Waals surface area (Å²) in [5, 5.41) is 0. The zero-order valence-electron chi connectivity index (χ0n) is 7.93. The lowest BCUT2D eigenvalue weighted by atomic mass is 9.93. The molecule has 0 bridgehead atoms. The molecular weight excluding hydrogens is 134 g/mol. The minimum atomic E-state index is 0.661. The van der Waals surface area contributed by atoms with Crippen molar-refractivity contribution in [3.63, 3.8) is 0 Å². The van der Waals surface area contributed by atoms with Crippen LogP contribution in [0, 0.1) is 5.92 Å². The molecule has 0 amide bonds. The van der Waals surface area contributed by atoms with Gasteiger partial charge in [-0.05, 0) is 31.7 Å². The van der Waals surface area contributed by atoms with Crippen molar-refractivity contribution < 1.29 is 0 Å².